The number of anilines is 1. The molecule has 0 atom stereocenters. The van der Waals surface area contributed by atoms with Crippen LogP contribution in [0.3, 0.4) is 0 Å². The molecule has 1 N–H and O–H groups in total. The van der Waals surface area contributed by atoms with E-state index in [1.54, 1.807) is 24.8 Å². The summed E-state index contributed by atoms with van der Waals surface area (Å²) < 4.78 is 5.18. The van der Waals surface area contributed by atoms with Crippen LogP contribution >= 0.6 is 11.3 Å². The molecule has 0 aliphatic carbocycles. The van der Waals surface area contributed by atoms with Gasteiger partial charge in [0, 0.05) is 19.2 Å². The number of carbonyl (C=O) groups is 3. The van der Waals surface area contributed by atoms with Crippen molar-refractivity contribution in [3.63, 3.8) is 0 Å². The van der Waals surface area contributed by atoms with E-state index < -0.39 is 5.97 Å². The summed E-state index contributed by atoms with van der Waals surface area (Å²) in [6.45, 7) is 15.0. The van der Waals surface area contributed by atoms with Crippen LogP contribution in [0.2, 0.25) is 0 Å². The summed E-state index contributed by atoms with van der Waals surface area (Å²) in [5, 5.41) is 3.09. The molecule has 0 radical (unpaired) electrons. The number of rotatable bonds is 8. The fraction of sp³-hybridized carbons (Fsp3) is 0.423. The molecule has 33 heavy (non-hydrogen) atoms. The molecule has 0 aliphatic heterocycles. The van der Waals surface area contributed by atoms with Crippen LogP contribution in [-0.2, 0) is 14.9 Å². The number of hydrogen-bond acceptors (Lipinski definition) is 5. The normalized spacial score (nSPS) is 11.5. The van der Waals surface area contributed by atoms with Crippen LogP contribution in [0.1, 0.15) is 78.3 Å². The molecule has 1 heterocycles. The summed E-state index contributed by atoms with van der Waals surface area (Å²) >= 11 is 1.10. The van der Waals surface area contributed by atoms with Crippen LogP contribution in [0.15, 0.2) is 30.3 Å². The van der Waals surface area contributed by atoms with Gasteiger partial charge in [-0.25, -0.2) is 4.79 Å². The van der Waals surface area contributed by atoms with Gasteiger partial charge < -0.3 is 15.0 Å². The van der Waals surface area contributed by atoms with Gasteiger partial charge in [0.05, 0.1) is 17.0 Å². The lowest BCUT2D eigenvalue weighted by molar-refractivity contribution is -0.111. The van der Waals surface area contributed by atoms with E-state index in [1.807, 2.05) is 38.1 Å². The van der Waals surface area contributed by atoms with E-state index in [2.05, 4.69) is 26.1 Å². The SMILES string of the molecule is CCOC(=O)c1c(NC(=O)C=Cc2ccc(C(C)(C)C)cc2)sc(C(=O)N(CC)CC)c1C. The molecule has 6 nitrogen and oxygen atoms in total. The van der Waals surface area contributed by atoms with Crippen molar-refractivity contribution in [2.24, 2.45) is 0 Å². The second-order valence-electron chi connectivity index (χ2n) is 8.65. The van der Waals surface area contributed by atoms with Crippen LogP contribution in [-0.4, -0.2) is 42.4 Å². The van der Waals surface area contributed by atoms with Gasteiger partial charge in [-0.1, -0.05) is 45.0 Å². The number of hydrogen-bond donors (Lipinski definition) is 1. The molecule has 2 rings (SSSR count). The number of esters is 1. The molecular weight excluding hydrogens is 436 g/mol. The lowest BCUT2D eigenvalue weighted by atomic mass is 9.87. The van der Waals surface area contributed by atoms with Gasteiger partial charge in [0.1, 0.15) is 5.00 Å². The number of benzene rings is 1. The van der Waals surface area contributed by atoms with Crippen LogP contribution in [0, 0.1) is 6.92 Å². The first-order valence-electron chi connectivity index (χ1n) is 11.2. The van der Waals surface area contributed by atoms with E-state index in [-0.39, 0.29) is 29.4 Å². The maximum absolute atomic E-state index is 12.9. The van der Waals surface area contributed by atoms with Crippen molar-refractivity contribution < 1.29 is 19.1 Å². The zero-order chi connectivity index (χ0) is 24.8. The first kappa shape index (κ1) is 26.3. The predicted octanol–water partition coefficient (Wildman–Crippen LogP) is 5.66. The number of nitrogens with one attached hydrogen (secondary N) is 1. The minimum absolute atomic E-state index is 0.0560. The maximum atomic E-state index is 12.9. The minimum Gasteiger partial charge on any atom is -0.462 e. The molecular formula is C26H34N2O4S. The van der Waals surface area contributed by atoms with Crippen molar-refractivity contribution in [3.05, 3.63) is 57.5 Å². The quantitative estimate of drug-likeness (QED) is 0.399. The van der Waals surface area contributed by atoms with Crippen molar-refractivity contribution in [2.75, 3.05) is 25.0 Å². The third kappa shape index (κ3) is 6.54. The molecule has 178 valence electrons. The molecule has 1 aromatic heterocycles. The van der Waals surface area contributed by atoms with Crippen molar-refractivity contribution in [1.29, 1.82) is 0 Å². The maximum Gasteiger partial charge on any atom is 0.341 e. The molecule has 0 aliphatic rings. The predicted molar refractivity (Wildman–Crippen MR) is 135 cm³/mol. The molecule has 0 unspecified atom stereocenters. The van der Waals surface area contributed by atoms with Crippen LogP contribution in [0.5, 0.6) is 0 Å². The second-order valence-corrected chi connectivity index (χ2v) is 9.67. The number of nitrogens with zero attached hydrogens (tertiary/aromatic N) is 1. The Morgan fingerprint density at radius 3 is 2.18 bits per heavy atom. The highest BCUT2D eigenvalue weighted by Crippen LogP contribution is 2.34. The van der Waals surface area contributed by atoms with E-state index in [1.165, 1.54) is 11.6 Å². The Kier molecular flexibility index (Phi) is 8.99. The first-order valence-corrected chi connectivity index (χ1v) is 12.0. The monoisotopic (exact) mass is 470 g/mol. The summed E-state index contributed by atoms with van der Waals surface area (Å²) in [6.07, 6.45) is 3.14. The van der Waals surface area contributed by atoms with Gasteiger partial charge in [-0.2, -0.15) is 0 Å². The van der Waals surface area contributed by atoms with Gasteiger partial charge >= 0.3 is 5.97 Å². The second kappa shape index (κ2) is 11.3. The molecule has 0 spiro atoms. The van der Waals surface area contributed by atoms with Crippen LogP contribution in [0.25, 0.3) is 6.08 Å². The van der Waals surface area contributed by atoms with E-state index in [0.29, 0.717) is 28.5 Å². The Labute approximate surface area is 200 Å². The highest BCUT2D eigenvalue weighted by atomic mass is 32.1. The van der Waals surface area contributed by atoms with Crippen molar-refractivity contribution >= 4 is 40.2 Å². The standard InChI is InChI=1S/C26H34N2O4S/c1-8-28(9-2)24(30)22-17(4)21(25(31)32-10-3)23(33-22)27-20(29)16-13-18-11-14-19(15-12-18)26(5,6)7/h11-16H,8-10H2,1-7H3,(H,27,29). The zero-order valence-electron chi connectivity index (χ0n) is 20.6. The Balaban J connectivity index is 2.30. The summed E-state index contributed by atoms with van der Waals surface area (Å²) in [5.41, 5.74) is 2.91. The topological polar surface area (TPSA) is 75.7 Å². The lowest BCUT2D eigenvalue weighted by Crippen LogP contribution is -2.30. The third-order valence-electron chi connectivity index (χ3n) is 5.31. The Bertz CT molecular complexity index is 1030. The number of ether oxygens (including phenoxy) is 1. The average molecular weight is 471 g/mol. The summed E-state index contributed by atoms with van der Waals surface area (Å²) in [4.78, 5) is 40.3. The molecule has 7 heteroatoms. The average Bonchev–Trinajstić information content (AvgIpc) is 3.08. The summed E-state index contributed by atoms with van der Waals surface area (Å²) in [6, 6.07) is 8.02. The van der Waals surface area contributed by atoms with Gasteiger partial charge in [0.15, 0.2) is 0 Å². The van der Waals surface area contributed by atoms with E-state index >= 15 is 0 Å². The number of amides is 2. The van der Waals surface area contributed by atoms with Gasteiger partial charge in [-0.05, 0) is 55.9 Å². The summed E-state index contributed by atoms with van der Waals surface area (Å²) in [5.74, 6) is -1.10. The van der Waals surface area contributed by atoms with Crippen molar-refractivity contribution in [1.82, 2.24) is 4.90 Å². The van der Waals surface area contributed by atoms with Crippen LogP contribution < -0.4 is 5.32 Å². The Morgan fingerprint density at radius 2 is 1.67 bits per heavy atom. The molecule has 1 aromatic carbocycles. The molecule has 0 fully saturated rings. The zero-order valence-corrected chi connectivity index (χ0v) is 21.4. The molecule has 0 bridgehead atoms. The molecule has 0 saturated heterocycles. The fourth-order valence-corrected chi connectivity index (χ4v) is 4.49. The van der Waals surface area contributed by atoms with Gasteiger partial charge in [0.25, 0.3) is 5.91 Å². The molecule has 0 saturated carbocycles. The Morgan fingerprint density at radius 1 is 1.06 bits per heavy atom. The number of thiophene rings is 1. The Hall–Kier alpha value is -2.93. The lowest BCUT2D eigenvalue weighted by Gasteiger charge is -2.18. The van der Waals surface area contributed by atoms with Gasteiger partial charge in [0.2, 0.25) is 5.91 Å². The van der Waals surface area contributed by atoms with Crippen molar-refractivity contribution in [2.45, 2.75) is 53.9 Å². The molecule has 2 amide bonds. The van der Waals surface area contributed by atoms with Gasteiger partial charge in [-0.15, -0.1) is 11.3 Å². The third-order valence-corrected chi connectivity index (χ3v) is 6.51. The highest BCUT2D eigenvalue weighted by Gasteiger charge is 2.28. The first-order chi connectivity index (χ1) is 15.5. The summed E-state index contributed by atoms with van der Waals surface area (Å²) in [7, 11) is 0. The highest BCUT2D eigenvalue weighted by molar-refractivity contribution is 7.18. The number of carbonyl (C=O) groups excluding carboxylic acids is 3. The van der Waals surface area contributed by atoms with Gasteiger partial charge in [-0.3, -0.25) is 9.59 Å². The molecule has 2 aromatic rings. The largest absolute Gasteiger partial charge is 0.462 e. The smallest absolute Gasteiger partial charge is 0.341 e. The van der Waals surface area contributed by atoms with E-state index in [9.17, 15) is 14.4 Å². The van der Waals surface area contributed by atoms with E-state index in [0.717, 1.165) is 16.9 Å². The van der Waals surface area contributed by atoms with Crippen LogP contribution in [0.4, 0.5) is 5.00 Å². The minimum atomic E-state index is -0.554. The van der Waals surface area contributed by atoms with Crippen molar-refractivity contribution in [3.8, 4) is 0 Å². The fourth-order valence-electron chi connectivity index (χ4n) is 3.33. The van der Waals surface area contributed by atoms with E-state index in [4.69, 9.17) is 4.74 Å².